The zero-order chi connectivity index (χ0) is 12.6. The fourth-order valence-electron chi connectivity index (χ4n) is 1.09. The van der Waals surface area contributed by atoms with Gasteiger partial charge in [0.2, 0.25) is 0 Å². The topological polar surface area (TPSA) is 0 Å². The van der Waals surface area contributed by atoms with Gasteiger partial charge in [0.05, 0.1) is 11.1 Å². The van der Waals surface area contributed by atoms with E-state index < -0.39 is 29.0 Å². The summed E-state index contributed by atoms with van der Waals surface area (Å²) in [6, 6.07) is 0.991. The first-order valence-electron chi connectivity index (χ1n) is 3.91. The lowest BCUT2D eigenvalue weighted by atomic mass is 10.0. The van der Waals surface area contributed by atoms with Crippen LogP contribution in [-0.2, 0) is 12.4 Å². The Hall–Kier alpha value is -1.64. The molecule has 0 aliphatic carbocycles. The van der Waals surface area contributed by atoms with Crippen molar-refractivity contribution in [2.75, 3.05) is 0 Å². The first-order valence-corrected chi connectivity index (χ1v) is 3.91. The molecule has 0 heterocycles. The lowest BCUT2D eigenvalue weighted by molar-refractivity contribution is -0.141. The molecule has 0 aromatic heterocycles. The first kappa shape index (κ1) is 12.4. The molecule has 0 atom stereocenters. The van der Waals surface area contributed by atoms with E-state index in [2.05, 4.69) is 0 Å². The van der Waals surface area contributed by atoms with E-state index in [-0.39, 0.29) is 0 Å². The molecule has 0 saturated carbocycles. The smallest absolute Gasteiger partial charge is 0.166 e. The standard InChI is InChI=1S/C10H4F6/c1-2-6-5-7(9(11,12)13)3-4-8(6)10(14,15)16/h1,3-5H. The second kappa shape index (κ2) is 3.74. The van der Waals surface area contributed by atoms with E-state index in [4.69, 9.17) is 6.42 Å². The number of rotatable bonds is 0. The molecule has 16 heavy (non-hydrogen) atoms. The summed E-state index contributed by atoms with van der Waals surface area (Å²) in [6.07, 6.45) is -4.73. The quantitative estimate of drug-likeness (QED) is 0.477. The van der Waals surface area contributed by atoms with Crippen molar-refractivity contribution in [2.24, 2.45) is 0 Å². The molecule has 1 rings (SSSR count). The van der Waals surface area contributed by atoms with Crippen LogP contribution in [0.5, 0.6) is 0 Å². The van der Waals surface area contributed by atoms with Crippen molar-refractivity contribution in [3.63, 3.8) is 0 Å². The molecule has 0 fully saturated rings. The number of hydrogen-bond donors (Lipinski definition) is 0. The van der Waals surface area contributed by atoms with Crippen LogP contribution < -0.4 is 0 Å². The monoisotopic (exact) mass is 238 g/mol. The van der Waals surface area contributed by atoms with E-state index in [0.29, 0.717) is 18.2 Å². The summed E-state index contributed by atoms with van der Waals surface area (Å²) in [6.45, 7) is 0. The fraction of sp³-hybridized carbons (Fsp3) is 0.200. The highest BCUT2D eigenvalue weighted by atomic mass is 19.4. The van der Waals surface area contributed by atoms with Gasteiger partial charge in [-0.05, 0) is 18.2 Å². The minimum Gasteiger partial charge on any atom is -0.166 e. The molecular formula is C10H4F6. The van der Waals surface area contributed by atoms with Crippen molar-refractivity contribution in [1.29, 1.82) is 0 Å². The summed E-state index contributed by atoms with van der Waals surface area (Å²) in [4.78, 5) is 0. The normalized spacial score (nSPS) is 12.3. The summed E-state index contributed by atoms with van der Waals surface area (Å²) in [5, 5.41) is 0. The third-order valence-corrected chi connectivity index (χ3v) is 1.81. The second-order valence-electron chi connectivity index (χ2n) is 2.90. The van der Waals surface area contributed by atoms with Gasteiger partial charge in [0.25, 0.3) is 0 Å². The molecule has 0 unspecified atom stereocenters. The summed E-state index contributed by atoms with van der Waals surface area (Å²) in [5.41, 5.74) is -3.27. The molecule has 1 aromatic rings. The summed E-state index contributed by atoms with van der Waals surface area (Å²) >= 11 is 0. The van der Waals surface area contributed by atoms with Gasteiger partial charge in [0, 0.05) is 5.56 Å². The number of halogens is 6. The highest BCUT2D eigenvalue weighted by Gasteiger charge is 2.36. The molecule has 0 radical (unpaired) electrons. The molecule has 0 spiro atoms. The molecule has 0 aliphatic heterocycles. The number of benzene rings is 1. The Morgan fingerprint density at radius 3 is 1.88 bits per heavy atom. The molecule has 0 bridgehead atoms. The first-order chi connectivity index (χ1) is 7.16. The Bertz CT molecular complexity index is 432. The van der Waals surface area contributed by atoms with Gasteiger partial charge < -0.3 is 0 Å². The molecule has 86 valence electrons. The molecule has 0 saturated heterocycles. The lowest BCUT2D eigenvalue weighted by Gasteiger charge is -2.12. The maximum atomic E-state index is 12.3. The minimum absolute atomic E-state index is 0.308. The van der Waals surface area contributed by atoms with Crippen molar-refractivity contribution in [3.05, 3.63) is 34.9 Å². The molecule has 6 heteroatoms. The lowest BCUT2D eigenvalue weighted by Crippen LogP contribution is -2.11. The average molecular weight is 238 g/mol. The number of alkyl halides is 6. The molecule has 1 aromatic carbocycles. The van der Waals surface area contributed by atoms with Gasteiger partial charge in [-0.3, -0.25) is 0 Å². The van der Waals surface area contributed by atoms with E-state index in [1.807, 2.05) is 0 Å². The molecule has 0 aliphatic rings. The van der Waals surface area contributed by atoms with Gasteiger partial charge in [0.1, 0.15) is 0 Å². The highest BCUT2D eigenvalue weighted by Crippen LogP contribution is 2.36. The van der Waals surface area contributed by atoms with Gasteiger partial charge >= 0.3 is 12.4 Å². The van der Waals surface area contributed by atoms with Crippen LogP contribution in [0.2, 0.25) is 0 Å². The van der Waals surface area contributed by atoms with E-state index in [0.717, 1.165) is 0 Å². The SMILES string of the molecule is C#Cc1cc(C(F)(F)F)ccc1C(F)(F)F. The zero-order valence-corrected chi connectivity index (χ0v) is 7.58. The van der Waals surface area contributed by atoms with Crippen molar-refractivity contribution in [3.8, 4) is 12.3 Å². The molecule has 0 nitrogen and oxygen atoms in total. The van der Waals surface area contributed by atoms with Crippen LogP contribution in [-0.4, -0.2) is 0 Å². The van der Waals surface area contributed by atoms with Crippen LogP contribution in [0.4, 0.5) is 26.3 Å². The Balaban J connectivity index is 3.36. The third kappa shape index (κ3) is 2.48. The van der Waals surface area contributed by atoms with Crippen LogP contribution in [0.25, 0.3) is 0 Å². The number of hydrogen-bond acceptors (Lipinski definition) is 0. The predicted octanol–water partition coefficient (Wildman–Crippen LogP) is 3.71. The molecule has 0 N–H and O–H groups in total. The van der Waals surface area contributed by atoms with Gasteiger partial charge in [0.15, 0.2) is 0 Å². The third-order valence-electron chi connectivity index (χ3n) is 1.81. The van der Waals surface area contributed by atoms with Crippen molar-refractivity contribution in [1.82, 2.24) is 0 Å². The van der Waals surface area contributed by atoms with E-state index >= 15 is 0 Å². The minimum atomic E-state index is -4.76. The van der Waals surface area contributed by atoms with Gasteiger partial charge in [-0.15, -0.1) is 6.42 Å². The maximum Gasteiger partial charge on any atom is 0.417 e. The largest absolute Gasteiger partial charge is 0.417 e. The highest BCUT2D eigenvalue weighted by molar-refractivity contribution is 5.44. The van der Waals surface area contributed by atoms with Crippen LogP contribution in [0, 0.1) is 12.3 Å². The van der Waals surface area contributed by atoms with Gasteiger partial charge in [-0.25, -0.2) is 0 Å². The van der Waals surface area contributed by atoms with Crippen LogP contribution in [0.1, 0.15) is 16.7 Å². The van der Waals surface area contributed by atoms with Gasteiger partial charge in [-0.2, -0.15) is 26.3 Å². The Morgan fingerprint density at radius 1 is 0.938 bits per heavy atom. The van der Waals surface area contributed by atoms with Crippen molar-refractivity contribution < 1.29 is 26.3 Å². The number of terminal acetylenes is 1. The summed E-state index contributed by atoms with van der Waals surface area (Å²) in [7, 11) is 0. The van der Waals surface area contributed by atoms with Crippen LogP contribution in [0.3, 0.4) is 0 Å². The average Bonchev–Trinajstić information content (AvgIpc) is 2.14. The van der Waals surface area contributed by atoms with E-state index in [1.54, 1.807) is 5.92 Å². The van der Waals surface area contributed by atoms with Crippen molar-refractivity contribution >= 4 is 0 Å². The summed E-state index contributed by atoms with van der Waals surface area (Å²) < 4.78 is 73.4. The zero-order valence-electron chi connectivity index (χ0n) is 7.58. The Kier molecular flexibility index (Phi) is 2.91. The Morgan fingerprint density at radius 2 is 1.50 bits per heavy atom. The fourth-order valence-corrected chi connectivity index (χ4v) is 1.09. The van der Waals surface area contributed by atoms with Gasteiger partial charge in [-0.1, -0.05) is 5.92 Å². The predicted molar refractivity (Wildman–Crippen MR) is 44.4 cm³/mol. The van der Waals surface area contributed by atoms with E-state index in [1.165, 1.54) is 0 Å². The molecule has 0 amide bonds. The van der Waals surface area contributed by atoms with Crippen molar-refractivity contribution in [2.45, 2.75) is 12.4 Å². The van der Waals surface area contributed by atoms with E-state index in [9.17, 15) is 26.3 Å². The second-order valence-corrected chi connectivity index (χ2v) is 2.90. The maximum absolute atomic E-state index is 12.3. The van der Waals surface area contributed by atoms with Crippen LogP contribution >= 0.6 is 0 Å². The Labute approximate surface area is 86.9 Å². The molecular weight excluding hydrogens is 234 g/mol. The van der Waals surface area contributed by atoms with Crippen LogP contribution in [0.15, 0.2) is 18.2 Å². The summed E-state index contributed by atoms with van der Waals surface area (Å²) in [5.74, 6) is 1.59.